The molecule has 0 atom stereocenters. The third kappa shape index (κ3) is 4.66. The van der Waals surface area contributed by atoms with Crippen LogP contribution in [0.15, 0.2) is 47.6 Å². The summed E-state index contributed by atoms with van der Waals surface area (Å²) in [5.41, 5.74) is 3.41. The largest absolute Gasteiger partial charge is 0.497 e. The van der Waals surface area contributed by atoms with Crippen LogP contribution in [0.5, 0.6) is 5.75 Å². The molecule has 0 aliphatic rings. The molecule has 28 heavy (non-hydrogen) atoms. The Balaban J connectivity index is 1.89. The molecule has 0 aliphatic carbocycles. The summed E-state index contributed by atoms with van der Waals surface area (Å²) in [6.07, 6.45) is 0. The molecule has 2 aromatic carbocycles. The van der Waals surface area contributed by atoms with Crippen molar-refractivity contribution in [3.63, 3.8) is 0 Å². The number of benzene rings is 2. The lowest BCUT2D eigenvalue weighted by Crippen LogP contribution is -2.06. The van der Waals surface area contributed by atoms with Gasteiger partial charge in [-0.3, -0.25) is 0 Å². The lowest BCUT2D eigenvalue weighted by molar-refractivity contribution is 0.0526. The van der Waals surface area contributed by atoms with Gasteiger partial charge in [0, 0.05) is 19.4 Å². The first-order chi connectivity index (χ1) is 13.7. The van der Waals surface area contributed by atoms with Crippen LogP contribution < -0.4 is 4.74 Å². The highest BCUT2D eigenvalue weighted by Gasteiger charge is 2.15. The summed E-state index contributed by atoms with van der Waals surface area (Å²) in [6, 6.07) is 13.5. The van der Waals surface area contributed by atoms with E-state index in [-0.39, 0.29) is 5.97 Å². The number of hydrogen-bond donors (Lipinski definition) is 0. The summed E-state index contributed by atoms with van der Waals surface area (Å²) < 4.78 is 17.8. The van der Waals surface area contributed by atoms with Crippen molar-refractivity contribution in [3.05, 3.63) is 53.6 Å². The summed E-state index contributed by atoms with van der Waals surface area (Å²) in [6.45, 7) is 3.41. The van der Waals surface area contributed by atoms with Crippen LogP contribution in [0.4, 0.5) is 0 Å². The summed E-state index contributed by atoms with van der Waals surface area (Å²) in [5, 5.41) is 0.885. The van der Waals surface area contributed by atoms with Gasteiger partial charge in [0.15, 0.2) is 5.16 Å². The predicted molar refractivity (Wildman–Crippen MR) is 110 cm³/mol. The smallest absolute Gasteiger partial charge is 0.338 e. The molecule has 7 heteroatoms. The van der Waals surface area contributed by atoms with Gasteiger partial charge in [0.05, 0.1) is 36.9 Å². The molecule has 0 aliphatic heterocycles. The molecule has 148 valence electrons. The molecular weight excluding hydrogens is 376 g/mol. The topological polar surface area (TPSA) is 62.6 Å². The highest BCUT2D eigenvalue weighted by Crippen LogP contribution is 2.28. The van der Waals surface area contributed by atoms with E-state index in [0.717, 1.165) is 33.3 Å². The standard InChI is InChI=1S/C21H24N2O4S/c1-4-27-20(24)16-8-9-19-18(13-16)22-21(23(19)10-11-25-2)28-14-15-6-5-7-17(12-15)26-3/h5-9,12-13H,4,10-11,14H2,1-3H3. The third-order valence-electron chi connectivity index (χ3n) is 4.25. The molecule has 0 fully saturated rings. The van der Waals surface area contributed by atoms with E-state index >= 15 is 0 Å². The van der Waals surface area contributed by atoms with E-state index in [1.807, 2.05) is 24.3 Å². The first-order valence-corrected chi connectivity index (χ1v) is 10.1. The molecule has 0 radical (unpaired) electrons. The summed E-state index contributed by atoms with van der Waals surface area (Å²) in [7, 11) is 3.35. The van der Waals surface area contributed by atoms with E-state index in [1.54, 1.807) is 45.0 Å². The Labute approximate surface area is 168 Å². The van der Waals surface area contributed by atoms with E-state index < -0.39 is 0 Å². The predicted octanol–water partition coefficient (Wildman–Crippen LogP) is 4.16. The number of carbonyl (C=O) groups is 1. The van der Waals surface area contributed by atoms with Crippen molar-refractivity contribution in [2.45, 2.75) is 24.4 Å². The minimum Gasteiger partial charge on any atom is -0.497 e. The number of ether oxygens (including phenoxy) is 3. The highest BCUT2D eigenvalue weighted by molar-refractivity contribution is 7.98. The second-order valence-corrected chi connectivity index (χ2v) is 7.05. The van der Waals surface area contributed by atoms with E-state index in [1.165, 1.54) is 0 Å². The second-order valence-electron chi connectivity index (χ2n) is 6.10. The van der Waals surface area contributed by atoms with Crippen molar-refractivity contribution in [2.24, 2.45) is 0 Å². The van der Waals surface area contributed by atoms with Crippen molar-refractivity contribution >= 4 is 28.8 Å². The fourth-order valence-corrected chi connectivity index (χ4v) is 3.85. The molecule has 6 nitrogen and oxygen atoms in total. The summed E-state index contributed by atoms with van der Waals surface area (Å²) >= 11 is 1.64. The van der Waals surface area contributed by atoms with Crippen molar-refractivity contribution < 1.29 is 19.0 Å². The Morgan fingerprint density at radius 2 is 2.04 bits per heavy atom. The lowest BCUT2D eigenvalue weighted by Gasteiger charge is -2.09. The maximum atomic E-state index is 12.0. The van der Waals surface area contributed by atoms with E-state index in [0.29, 0.717) is 25.3 Å². The number of thioether (sulfide) groups is 1. The molecule has 0 amide bonds. The normalized spacial score (nSPS) is 11.0. The maximum absolute atomic E-state index is 12.0. The number of methoxy groups -OCH3 is 2. The van der Waals surface area contributed by atoms with Crippen LogP contribution in [-0.2, 0) is 21.8 Å². The summed E-state index contributed by atoms with van der Waals surface area (Å²) in [4.78, 5) is 16.8. The van der Waals surface area contributed by atoms with E-state index in [2.05, 4.69) is 10.6 Å². The molecule has 3 rings (SSSR count). The van der Waals surface area contributed by atoms with E-state index in [9.17, 15) is 4.79 Å². The molecule has 3 aromatic rings. The Hall–Kier alpha value is -2.51. The molecule has 0 bridgehead atoms. The van der Waals surface area contributed by atoms with Crippen LogP contribution >= 0.6 is 11.8 Å². The van der Waals surface area contributed by atoms with Gasteiger partial charge >= 0.3 is 5.97 Å². The monoisotopic (exact) mass is 400 g/mol. The number of imidazole rings is 1. The van der Waals surface area contributed by atoms with Gasteiger partial charge in [-0.2, -0.15) is 0 Å². The zero-order chi connectivity index (χ0) is 19.9. The Morgan fingerprint density at radius 3 is 2.79 bits per heavy atom. The van der Waals surface area contributed by atoms with Crippen molar-refractivity contribution in [1.82, 2.24) is 9.55 Å². The fraction of sp³-hybridized carbons (Fsp3) is 0.333. The zero-order valence-corrected chi connectivity index (χ0v) is 17.1. The number of rotatable bonds is 9. The van der Waals surface area contributed by atoms with Crippen molar-refractivity contribution in [2.75, 3.05) is 27.4 Å². The van der Waals surface area contributed by atoms with Crippen molar-refractivity contribution in [3.8, 4) is 5.75 Å². The maximum Gasteiger partial charge on any atom is 0.338 e. The van der Waals surface area contributed by atoms with Crippen LogP contribution in [0.1, 0.15) is 22.8 Å². The van der Waals surface area contributed by atoms with Gasteiger partial charge < -0.3 is 18.8 Å². The van der Waals surface area contributed by atoms with Gasteiger partial charge in [0.2, 0.25) is 0 Å². The van der Waals surface area contributed by atoms with Crippen LogP contribution in [0, 0.1) is 0 Å². The Bertz CT molecular complexity index is 955. The Kier molecular flexibility index (Phi) is 6.95. The first-order valence-electron chi connectivity index (χ1n) is 9.08. The lowest BCUT2D eigenvalue weighted by atomic mass is 10.2. The van der Waals surface area contributed by atoms with E-state index in [4.69, 9.17) is 19.2 Å². The highest BCUT2D eigenvalue weighted by atomic mass is 32.2. The number of aromatic nitrogens is 2. The number of nitrogens with zero attached hydrogens (tertiary/aromatic N) is 2. The van der Waals surface area contributed by atoms with Crippen LogP contribution in [0.3, 0.4) is 0 Å². The van der Waals surface area contributed by atoms with Gasteiger partial charge in [-0.15, -0.1) is 0 Å². The number of hydrogen-bond acceptors (Lipinski definition) is 6. The molecule has 0 saturated heterocycles. The summed E-state index contributed by atoms with van der Waals surface area (Å²) in [5.74, 6) is 1.27. The van der Waals surface area contributed by atoms with Gasteiger partial charge in [0.25, 0.3) is 0 Å². The second kappa shape index (κ2) is 9.61. The minimum atomic E-state index is -0.332. The molecule has 0 unspecified atom stereocenters. The molecule has 0 spiro atoms. The number of esters is 1. The van der Waals surface area contributed by atoms with Crippen LogP contribution in [0.2, 0.25) is 0 Å². The first kappa shape index (κ1) is 20.2. The zero-order valence-electron chi connectivity index (χ0n) is 16.3. The molecule has 1 aromatic heterocycles. The number of carbonyl (C=O) groups excluding carboxylic acids is 1. The van der Waals surface area contributed by atoms with Gasteiger partial charge in [-0.05, 0) is 42.8 Å². The molecule has 0 N–H and O–H groups in total. The van der Waals surface area contributed by atoms with Gasteiger partial charge in [-0.1, -0.05) is 23.9 Å². The number of fused-ring (bicyclic) bond motifs is 1. The SMILES string of the molecule is CCOC(=O)c1ccc2c(c1)nc(SCc1cccc(OC)c1)n2CCOC. The Morgan fingerprint density at radius 1 is 1.18 bits per heavy atom. The molecule has 0 saturated carbocycles. The quantitative estimate of drug-likeness (QED) is 0.397. The van der Waals surface area contributed by atoms with Gasteiger partial charge in [0.1, 0.15) is 5.75 Å². The molecular formula is C21H24N2O4S. The van der Waals surface area contributed by atoms with Crippen LogP contribution in [-0.4, -0.2) is 43.0 Å². The average Bonchev–Trinajstić information content (AvgIpc) is 3.07. The molecule has 1 heterocycles. The van der Waals surface area contributed by atoms with Crippen LogP contribution in [0.25, 0.3) is 11.0 Å². The average molecular weight is 401 g/mol. The van der Waals surface area contributed by atoms with Crippen molar-refractivity contribution in [1.29, 1.82) is 0 Å². The minimum absolute atomic E-state index is 0.332. The van der Waals surface area contributed by atoms with Gasteiger partial charge in [-0.25, -0.2) is 9.78 Å². The third-order valence-corrected chi connectivity index (χ3v) is 5.29. The fourth-order valence-electron chi connectivity index (χ4n) is 2.87.